The average Bonchev–Trinajstić information content (AvgIpc) is 2.41. The molecule has 1 atom stereocenters. The fraction of sp³-hybridized carbons (Fsp3) is 0.231. The second-order valence-corrected chi connectivity index (χ2v) is 3.91. The standard InChI is InChI=1S/C13H14FN3O/c1-8-4-3-5-9(10(8)14)11(15)12-13(18-2)17-7-6-16-12/h3-7,11H,15H2,1-2H3. The van der Waals surface area contributed by atoms with Gasteiger partial charge in [0.15, 0.2) is 0 Å². The maximum Gasteiger partial charge on any atom is 0.237 e. The summed E-state index contributed by atoms with van der Waals surface area (Å²) >= 11 is 0. The molecule has 0 bridgehead atoms. The molecule has 1 aromatic heterocycles. The van der Waals surface area contributed by atoms with Crippen molar-refractivity contribution >= 4 is 0 Å². The van der Waals surface area contributed by atoms with E-state index in [-0.39, 0.29) is 5.82 Å². The summed E-state index contributed by atoms with van der Waals surface area (Å²) in [6.45, 7) is 1.69. The Labute approximate surface area is 105 Å². The Balaban J connectivity index is 2.48. The number of nitrogens with two attached hydrogens (primary N) is 1. The maximum absolute atomic E-state index is 14.0. The molecule has 1 aromatic carbocycles. The van der Waals surface area contributed by atoms with Crippen LogP contribution in [0, 0.1) is 12.7 Å². The molecule has 0 amide bonds. The number of rotatable bonds is 3. The quantitative estimate of drug-likeness (QED) is 0.900. The molecular weight excluding hydrogens is 233 g/mol. The van der Waals surface area contributed by atoms with Crippen molar-refractivity contribution in [1.29, 1.82) is 0 Å². The van der Waals surface area contributed by atoms with Gasteiger partial charge < -0.3 is 10.5 Å². The SMILES string of the molecule is COc1nccnc1C(N)c1cccc(C)c1F. The highest BCUT2D eigenvalue weighted by Gasteiger charge is 2.20. The summed E-state index contributed by atoms with van der Waals surface area (Å²) < 4.78 is 19.1. The van der Waals surface area contributed by atoms with E-state index in [0.717, 1.165) is 0 Å². The van der Waals surface area contributed by atoms with E-state index in [0.29, 0.717) is 22.7 Å². The molecule has 94 valence electrons. The van der Waals surface area contributed by atoms with Crippen LogP contribution >= 0.6 is 0 Å². The number of hydrogen-bond acceptors (Lipinski definition) is 4. The zero-order chi connectivity index (χ0) is 13.1. The Hall–Kier alpha value is -2.01. The number of ether oxygens (including phenoxy) is 1. The largest absolute Gasteiger partial charge is 0.480 e. The third kappa shape index (κ3) is 2.17. The molecule has 0 aliphatic rings. The molecule has 0 saturated carbocycles. The molecule has 0 radical (unpaired) electrons. The van der Waals surface area contributed by atoms with Crippen molar-refractivity contribution < 1.29 is 9.13 Å². The van der Waals surface area contributed by atoms with E-state index in [9.17, 15) is 4.39 Å². The van der Waals surface area contributed by atoms with Gasteiger partial charge in [-0.05, 0) is 12.5 Å². The number of methoxy groups -OCH3 is 1. The minimum Gasteiger partial charge on any atom is -0.480 e. The van der Waals surface area contributed by atoms with E-state index in [1.807, 2.05) is 0 Å². The van der Waals surface area contributed by atoms with Crippen LogP contribution in [0.3, 0.4) is 0 Å². The number of halogens is 1. The van der Waals surface area contributed by atoms with Gasteiger partial charge in [0.1, 0.15) is 11.5 Å². The lowest BCUT2D eigenvalue weighted by molar-refractivity contribution is 0.386. The van der Waals surface area contributed by atoms with Crippen molar-refractivity contribution in [2.45, 2.75) is 13.0 Å². The van der Waals surface area contributed by atoms with E-state index in [2.05, 4.69) is 9.97 Å². The van der Waals surface area contributed by atoms with Crippen LogP contribution in [-0.4, -0.2) is 17.1 Å². The molecule has 1 heterocycles. The van der Waals surface area contributed by atoms with Crippen LogP contribution in [0.5, 0.6) is 5.88 Å². The average molecular weight is 247 g/mol. The second-order valence-electron chi connectivity index (χ2n) is 3.91. The first-order chi connectivity index (χ1) is 8.65. The van der Waals surface area contributed by atoms with Crippen LogP contribution < -0.4 is 10.5 Å². The predicted molar refractivity (Wildman–Crippen MR) is 65.8 cm³/mol. The molecule has 0 aliphatic carbocycles. The van der Waals surface area contributed by atoms with Gasteiger partial charge in [-0.15, -0.1) is 0 Å². The second kappa shape index (κ2) is 5.10. The van der Waals surface area contributed by atoms with Gasteiger partial charge in [0.2, 0.25) is 5.88 Å². The summed E-state index contributed by atoms with van der Waals surface area (Å²) in [5.41, 5.74) is 7.39. The van der Waals surface area contributed by atoms with Crippen LogP contribution in [0.4, 0.5) is 4.39 Å². The maximum atomic E-state index is 14.0. The van der Waals surface area contributed by atoms with Crippen LogP contribution in [0.15, 0.2) is 30.6 Å². The first kappa shape index (κ1) is 12.4. The summed E-state index contributed by atoms with van der Waals surface area (Å²) in [6, 6.07) is 4.39. The van der Waals surface area contributed by atoms with Crippen molar-refractivity contribution in [2.24, 2.45) is 5.73 Å². The highest BCUT2D eigenvalue weighted by atomic mass is 19.1. The van der Waals surface area contributed by atoms with Gasteiger partial charge in [-0.1, -0.05) is 18.2 Å². The molecule has 4 nitrogen and oxygen atoms in total. The number of benzene rings is 1. The molecule has 18 heavy (non-hydrogen) atoms. The van der Waals surface area contributed by atoms with Gasteiger partial charge in [0, 0.05) is 18.0 Å². The van der Waals surface area contributed by atoms with Gasteiger partial charge in [-0.2, -0.15) is 0 Å². The Morgan fingerprint density at radius 1 is 1.28 bits per heavy atom. The van der Waals surface area contributed by atoms with Crippen molar-refractivity contribution in [2.75, 3.05) is 7.11 Å². The molecular formula is C13H14FN3O. The summed E-state index contributed by atoms with van der Waals surface area (Å²) in [6.07, 6.45) is 3.01. The first-order valence-electron chi connectivity index (χ1n) is 5.50. The van der Waals surface area contributed by atoms with E-state index in [1.165, 1.54) is 19.5 Å². The fourth-order valence-electron chi connectivity index (χ4n) is 1.76. The predicted octanol–water partition coefficient (Wildman–Crippen LogP) is 1.98. The highest BCUT2D eigenvalue weighted by Crippen LogP contribution is 2.26. The lowest BCUT2D eigenvalue weighted by atomic mass is 10.0. The smallest absolute Gasteiger partial charge is 0.237 e. The molecule has 2 aromatic rings. The Morgan fingerprint density at radius 3 is 2.72 bits per heavy atom. The van der Waals surface area contributed by atoms with Crippen LogP contribution in [0.1, 0.15) is 22.9 Å². The zero-order valence-corrected chi connectivity index (χ0v) is 10.2. The van der Waals surface area contributed by atoms with Crippen LogP contribution in [-0.2, 0) is 0 Å². The van der Waals surface area contributed by atoms with Gasteiger partial charge in [-0.3, -0.25) is 4.98 Å². The number of nitrogens with zero attached hydrogens (tertiary/aromatic N) is 2. The summed E-state index contributed by atoms with van der Waals surface area (Å²) in [5, 5.41) is 0. The van der Waals surface area contributed by atoms with E-state index < -0.39 is 6.04 Å². The molecule has 2 N–H and O–H groups in total. The van der Waals surface area contributed by atoms with E-state index in [1.54, 1.807) is 25.1 Å². The molecule has 1 unspecified atom stereocenters. The molecule has 0 saturated heterocycles. The van der Waals surface area contributed by atoms with Crippen molar-refractivity contribution in [1.82, 2.24) is 9.97 Å². The third-order valence-electron chi connectivity index (χ3n) is 2.74. The third-order valence-corrected chi connectivity index (χ3v) is 2.74. The topological polar surface area (TPSA) is 61.0 Å². The molecule has 0 fully saturated rings. The molecule has 0 aliphatic heterocycles. The zero-order valence-electron chi connectivity index (χ0n) is 10.2. The summed E-state index contributed by atoms with van der Waals surface area (Å²) in [5.74, 6) is -0.0105. The number of aromatic nitrogens is 2. The van der Waals surface area contributed by atoms with E-state index >= 15 is 0 Å². The minimum atomic E-state index is -0.700. The van der Waals surface area contributed by atoms with Crippen LogP contribution in [0.25, 0.3) is 0 Å². The lowest BCUT2D eigenvalue weighted by Crippen LogP contribution is -2.17. The molecule has 0 spiro atoms. The monoisotopic (exact) mass is 247 g/mol. The fourth-order valence-corrected chi connectivity index (χ4v) is 1.76. The van der Waals surface area contributed by atoms with Gasteiger partial charge >= 0.3 is 0 Å². The van der Waals surface area contributed by atoms with Crippen molar-refractivity contribution in [3.63, 3.8) is 0 Å². The minimum absolute atomic E-state index is 0.311. The van der Waals surface area contributed by atoms with Gasteiger partial charge in [0.25, 0.3) is 0 Å². The van der Waals surface area contributed by atoms with Gasteiger partial charge in [-0.25, -0.2) is 9.37 Å². The molecule has 5 heteroatoms. The number of aryl methyl sites for hydroxylation is 1. The van der Waals surface area contributed by atoms with Gasteiger partial charge in [0.05, 0.1) is 13.2 Å². The molecule has 2 rings (SSSR count). The lowest BCUT2D eigenvalue weighted by Gasteiger charge is -2.15. The van der Waals surface area contributed by atoms with Crippen molar-refractivity contribution in [3.05, 3.63) is 53.2 Å². The normalized spacial score (nSPS) is 12.2. The Morgan fingerprint density at radius 2 is 2.00 bits per heavy atom. The van der Waals surface area contributed by atoms with Crippen LogP contribution in [0.2, 0.25) is 0 Å². The van der Waals surface area contributed by atoms with Crippen molar-refractivity contribution in [3.8, 4) is 5.88 Å². The Kier molecular flexibility index (Phi) is 3.53. The summed E-state index contributed by atoms with van der Waals surface area (Å²) in [4.78, 5) is 8.13. The Bertz CT molecular complexity index is 560. The number of hydrogen-bond donors (Lipinski definition) is 1. The first-order valence-corrected chi connectivity index (χ1v) is 5.50. The highest BCUT2D eigenvalue weighted by molar-refractivity contribution is 5.35. The van der Waals surface area contributed by atoms with E-state index in [4.69, 9.17) is 10.5 Å². The summed E-state index contributed by atoms with van der Waals surface area (Å²) in [7, 11) is 1.48.